The van der Waals surface area contributed by atoms with E-state index in [-0.39, 0.29) is 0 Å². The minimum absolute atomic E-state index is 0.414. The molecular weight excluding hydrogens is 282 g/mol. The maximum absolute atomic E-state index is 5.95. The number of likely N-dealkylation sites (tertiary alicyclic amines) is 1. The lowest BCUT2D eigenvalue weighted by molar-refractivity contribution is -0.0249. The first-order valence-corrected chi connectivity index (χ1v) is 10.7. The topological polar surface area (TPSA) is 12.5 Å². The summed E-state index contributed by atoms with van der Waals surface area (Å²) in [6.07, 6.45) is 22.9. The molecule has 1 heterocycles. The zero-order valence-corrected chi connectivity index (χ0v) is 16.2. The SMILES string of the molecule is CCCCCCCCCCCCCCCCOC1CCCN1C. The first-order valence-electron chi connectivity index (χ1n) is 10.7. The monoisotopic (exact) mass is 325 g/mol. The van der Waals surface area contributed by atoms with Crippen LogP contribution in [-0.2, 0) is 4.74 Å². The minimum Gasteiger partial charge on any atom is -0.363 e. The molecule has 0 spiro atoms. The standard InChI is InChI=1S/C21H43NO/c1-3-4-5-6-7-8-9-10-11-12-13-14-15-16-20-23-21-18-17-19-22(21)2/h21H,3-20H2,1-2H3. The largest absolute Gasteiger partial charge is 0.363 e. The molecule has 138 valence electrons. The molecule has 0 aliphatic carbocycles. The predicted octanol–water partition coefficient (Wildman–Crippen LogP) is 6.54. The van der Waals surface area contributed by atoms with Gasteiger partial charge in [0, 0.05) is 13.2 Å². The summed E-state index contributed by atoms with van der Waals surface area (Å²) < 4.78 is 5.95. The molecule has 23 heavy (non-hydrogen) atoms. The van der Waals surface area contributed by atoms with Crippen molar-refractivity contribution in [1.82, 2.24) is 4.90 Å². The number of ether oxygens (including phenoxy) is 1. The first kappa shape index (κ1) is 21.0. The average molecular weight is 326 g/mol. The molecule has 1 aliphatic rings. The fraction of sp³-hybridized carbons (Fsp3) is 1.00. The number of hydrogen-bond acceptors (Lipinski definition) is 2. The van der Waals surface area contributed by atoms with Crippen LogP contribution in [0.5, 0.6) is 0 Å². The Balaban J connectivity index is 1.68. The van der Waals surface area contributed by atoms with Gasteiger partial charge in [-0.2, -0.15) is 0 Å². The third-order valence-corrected chi connectivity index (χ3v) is 5.26. The Morgan fingerprint density at radius 3 is 1.65 bits per heavy atom. The molecule has 1 saturated heterocycles. The summed E-state index contributed by atoms with van der Waals surface area (Å²) in [6, 6.07) is 0. The maximum atomic E-state index is 5.95. The minimum atomic E-state index is 0.414. The van der Waals surface area contributed by atoms with Crippen LogP contribution in [0.4, 0.5) is 0 Å². The molecule has 0 saturated carbocycles. The summed E-state index contributed by atoms with van der Waals surface area (Å²) >= 11 is 0. The molecule has 0 N–H and O–H groups in total. The summed E-state index contributed by atoms with van der Waals surface area (Å²) in [4.78, 5) is 2.35. The average Bonchev–Trinajstić information content (AvgIpc) is 2.96. The third-order valence-electron chi connectivity index (χ3n) is 5.26. The lowest BCUT2D eigenvalue weighted by Gasteiger charge is -2.19. The molecule has 0 bridgehead atoms. The van der Waals surface area contributed by atoms with Crippen LogP contribution >= 0.6 is 0 Å². The van der Waals surface area contributed by atoms with Gasteiger partial charge in [0.05, 0.1) is 0 Å². The van der Waals surface area contributed by atoms with Crippen LogP contribution in [0.25, 0.3) is 0 Å². The summed E-state index contributed by atoms with van der Waals surface area (Å²) in [6.45, 7) is 4.47. The highest BCUT2D eigenvalue weighted by Crippen LogP contribution is 2.17. The van der Waals surface area contributed by atoms with Crippen LogP contribution < -0.4 is 0 Å². The molecule has 1 rings (SSSR count). The van der Waals surface area contributed by atoms with Crippen molar-refractivity contribution in [2.45, 2.75) is 116 Å². The van der Waals surface area contributed by atoms with Crippen molar-refractivity contribution in [2.75, 3.05) is 20.2 Å². The normalized spacial score (nSPS) is 18.8. The zero-order valence-electron chi connectivity index (χ0n) is 16.2. The van der Waals surface area contributed by atoms with E-state index in [9.17, 15) is 0 Å². The summed E-state index contributed by atoms with van der Waals surface area (Å²) in [5, 5.41) is 0. The van der Waals surface area contributed by atoms with Crippen molar-refractivity contribution >= 4 is 0 Å². The Morgan fingerprint density at radius 1 is 0.739 bits per heavy atom. The van der Waals surface area contributed by atoms with Crippen LogP contribution in [0.15, 0.2) is 0 Å². The Bertz CT molecular complexity index is 244. The van der Waals surface area contributed by atoms with Crippen LogP contribution in [0.1, 0.15) is 110 Å². The molecule has 0 radical (unpaired) electrons. The van der Waals surface area contributed by atoms with Gasteiger partial charge in [-0.05, 0) is 26.3 Å². The molecule has 2 nitrogen and oxygen atoms in total. The fourth-order valence-corrected chi connectivity index (χ4v) is 3.61. The molecule has 0 aromatic carbocycles. The van der Waals surface area contributed by atoms with Gasteiger partial charge in [-0.3, -0.25) is 4.90 Å². The van der Waals surface area contributed by atoms with Crippen molar-refractivity contribution in [1.29, 1.82) is 0 Å². The van der Waals surface area contributed by atoms with Gasteiger partial charge >= 0.3 is 0 Å². The number of unbranched alkanes of at least 4 members (excludes halogenated alkanes) is 13. The van der Waals surface area contributed by atoms with Crippen LogP contribution in [0.2, 0.25) is 0 Å². The van der Waals surface area contributed by atoms with Gasteiger partial charge in [-0.25, -0.2) is 0 Å². The van der Waals surface area contributed by atoms with E-state index in [0.29, 0.717) is 6.23 Å². The van der Waals surface area contributed by atoms with Crippen molar-refractivity contribution in [3.05, 3.63) is 0 Å². The fourth-order valence-electron chi connectivity index (χ4n) is 3.61. The predicted molar refractivity (Wildman–Crippen MR) is 102 cm³/mol. The van der Waals surface area contributed by atoms with Gasteiger partial charge in [0.1, 0.15) is 6.23 Å². The van der Waals surface area contributed by atoms with Crippen molar-refractivity contribution < 1.29 is 4.74 Å². The highest BCUT2D eigenvalue weighted by molar-refractivity contribution is 4.67. The van der Waals surface area contributed by atoms with Crippen molar-refractivity contribution in [2.24, 2.45) is 0 Å². The van der Waals surface area contributed by atoms with Gasteiger partial charge in [-0.15, -0.1) is 0 Å². The third kappa shape index (κ3) is 12.0. The molecule has 1 aliphatic heterocycles. The summed E-state index contributed by atoms with van der Waals surface area (Å²) in [7, 11) is 2.18. The number of nitrogens with zero attached hydrogens (tertiary/aromatic N) is 1. The molecule has 1 fully saturated rings. The molecule has 2 heteroatoms. The van der Waals surface area contributed by atoms with Crippen LogP contribution in [0.3, 0.4) is 0 Å². The second-order valence-corrected chi connectivity index (χ2v) is 7.54. The Hall–Kier alpha value is -0.0800. The van der Waals surface area contributed by atoms with Gasteiger partial charge in [0.2, 0.25) is 0 Å². The molecule has 1 atom stereocenters. The second kappa shape index (κ2) is 15.4. The highest BCUT2D eigenvalue weighted by atomic mass is 16.5. The van der Waals surface area contributed by atoms with E-state index >= 15 is 0 Å². The Labute approximate surface area is 146 Å². The van der Waals surface area contributed by atoms with E-state index in [2.05, 4.69) is 18.9 Å². The van der Waals surface area contributed by atoms with Gasteiger partial charge in [0.25, 0.3) is 0 Å². The smallest absolute Gasteiger partial charge is 0.110 e. The second-order valence-electron chi connectivity index (χ2n) is 7.54. The molecule has 0 aromatic rings. The van der Waals surface area contributed by atoms with E-state index < -0.39 is 0 Å². The van der Waals surface area contributed by atoms with E-state index in [1.54, 1.807) is 0 Å². The highest BCUT2D eigenvalue weighted by Gasteiger charge is 2.20. The molecule has 0 aromatic heterocycles. The first-order chi connectivity index (χ1) is 11.3. The number of hydrogen-bond donors (Lipinski definition) is 0. The quantitative estimate of drug-likeness (QED) is 0.299. The zero-order chi connectivity index (χ0) is 16.6. The summed E-state index contributed by atoms with van der Waals surface area (Å²) in [5.41, 5.74) is 0. The van der Waals surface area contributed by atoms with Crippen LogP contribution in [-0.4, -0.2) is 31.3 Å². The molecular formula is C21H43NO. The summed E-state index contributed by atoms with van der Waals surface area (Å²) in [5.74, 6) is 0. The van der Waals surface area contributed by atoms with E-state index in [0.717, 1.165) is 6.61 Å². The van der Waals surface area contributed by atoms with Gasteiger partial charge in [-0.1, -0.05) is 90.4 Å². The van der Waals surface area contributed by atoms with Crippen molar-refractivity contribution in [3.63, 3.8) is 0 Å². The van der Waals surface area contributed by atoms with E-state index in [1.807, 2.05) is 0 Å². The molecule has 0 amide bonds. The van der Waals surface area contributed by atoms with E-state index in [1.165, 1.54) is 109 Å². The lowest BCUT2D eigenvalue weighted by atomic mass is 10.0. The molecule has 1 unspecified atom stereocenters. The Kier molecular flexibility index (Phi) is 14.1. The lowest BCUT2D eigenvalue weighted by Crippen LogP contribution is -2.27. The van der Waals surface area contributed by atoms with Crippen molar-refractivity contribution in [3.8, 4) is 0 Å². The number of rotatable bonds is 16. The Morgan fingerprint density at radius 2 is 1.22 bits per heavy atom. The van der Waals surface area contributed by atoms with Crippen LogP contribution in [0, 0.1) is 0 Å². The van der Waals surface area contributed by atoms with Gasteiger partial charge in [0.15, 0.2) is 0 Å². The maximum Gasteiger partial charge on any atom is 0.110 e. The van der Waals surface area contributed by atoms with Gasteiger partial charge < -0.3 is 4.74 Å². The van der Waals surface area contributed by atoms with E-state index in [4.69, 9.17) is 4.74 Å².